The standard InChI is InChI=1S/C33H47N5O8/c1-19(2)44-31(42)35-14-7-6-8-23(36-20(3)39)30(41)34-15-17-38(5)32(43)45-26-12-9-21-18-24-22-10-11-25(40)29-33(22,13-16-37(24)4)27(21)28(26)46-29/h9,12,19,22-24,29H,6-8,10-11,13-18H2,1-5H3,(H,34,41)(H,35,42)(H,36,39)/t22?,23-,24-,29+,33+/m0/s1. The number of nitrogens with one attached hydrogen (secondary N) is 3. The van der Waals surface area contributed by atoms with Crippen molar-refractivity contribution >= 4 is 29.8 Å². The molecule has 1 aromatic carbocycles. The van der Waals surface area contributed by atoms with Crippen LogP contribution >= 0.6 is 0 Å². The van der Waals surface area contributed by atoms with Gasteiger partial charge in [0.1, 0.15) is 6.04 Å². The molecular weight excluding hydrogens is 594 g/mol. The van der Waals surface area contributed by atoms with E-state index in [0.29, 0.717) is 55.7 Å². The van der Waals surface area contributed by atoms with E-state index in [4.69, 9.17) is 14.2 Å². The van der Waals surface area contributed by atoms with Crippen LogP contribution in [0.4, 0.5) is 9.59 Å². The fourth-order valence-corrected chi connectivity index (χ4v) is 7.76. The summed E-state index contributed by atoms with van der Waals surface area (Å²) in [4.78, 5) is 66.2. The second-order valence-corrected chi connectivity index (χ2v) is 13.3. The van der Waals surface area contributed by atoms with Gasteiger partial charge in [-0.15, -0.1) is 0 Å². The van der Waals surface area contributed by atoms with Crippen LogP contribution in [0.2, 0.25) is 0 Å². The third kappa shape index (κ3) is 6.65. The average molecular weight is 642 g/mol. The predicted octanol–water partition coefficient (Wildman–Crippen LogP) is 2.28. The zero-order valence-corrected chi connectivity index (χ0v) is 27.5. The number of likely N-dealkylation sites (N-methyl/N-ethyl adjacent to an activating group) is 2. The number of Topliss-reactive ketones (excluding diaryl/α,β-unsaturated/α-hetero) is 1. The molecule has 2 fully saturated rings. The number of carbonyl (C=O) groups excluding carboxylic acids is 5. The van der Waals surface area contributed by atoms with E-state index >= 15 is 0 Å². The molecule has 1 saturated carbocycles. The Labute approximate surface area is 270 Å². The molecule has 5 rings (SSSR count). The average Bonchev–Trinajstić information content (AvgIpc) is 3.35. The molecule has 0 aromatic heterocycles. The van der Waals surface area contributed by atoms with Gasteiger partial charge in [0, 0.05) is 57.0 Å². The van der Waals surface area contributed by atoms with Crippen LogP contribution in [-0.4, -0.2) is 104 Å². The summed E-state index contributed by atoms with van der Waals surface area (Å²) in [7, 11) is 3.74. The highest BCUT2D eigenvalue weighted by Gasteiger charge is 2.65. The van der Waals surface area contributed by atoms with E-state index in [-0.39, 0.29) is 42.2 Å². The minimum Gasteiger partial charge on any atom is -0.477 e. The first-order chi connectivity index (χ1) is 21.9. The van der Waals surface area contributed by atoms with Crippen molar-refractivity contribution in [1.82, 2.24) is 25.8 Å². The lowest BCUT2D eigenvalue weighted by Gasteiger charge is -2.57. The maximum atomic E-state index is 13.1. The lowest BCUT2D eigenvalue weighted by atomic mass is 9.52. The number of nitrogens with zero attached hydrogens (tertiary/aromatic N) is 2. The number of benzene rings is 1. The number of piperidine rings is 1. The number of amides is 4. The zero-order valence-electron chi connectivity index (χ0n) is 27.5. The highest BCUT2D eigenvalue weighted by atomic mass is 16.6. The van der Waals surface area contributed by atoms with Crippen molar-refractivity contribution < 1.29 is 38.2 Å². The molecule has 0 radical (unpaired) electrons. The third-order valence-electron chi connectivity index (χ3n) is 9.85. The Balaban J connectivity index is 1.14. The van der Waals surface area contributed by atoms with Gasteiger partial charge < -0.3 is 40.0 Å². The lowest BCUT2D eigenvalue weighted by Crippen LogP contribution is -2.65. The van der Waals surface area contributed by atoms with Crippen molar-refractivity contribution in [3.05, 3.63) is 23.3 Å². The molecule has 46 heavy (non-hydrogen) atoms. The summed E-state index contributed by atoms with van der Waals surface area (Å²) >= 11 is 0. The van der Waals surface area contributed by atoms with Gasteiger partial charge in [-0.2, -0.15) is 0 Å². The molecule has 1 aromatic rings. The number of hydrogen-bond acceptors (Lipinski definition) is 9. The van der Waals surface area contributed by atoms with Crippen LogP contribution in [0.1, 0.15) is 70.4 Å². The highest BCUT2D eigenvalue weighted by Crippen LogP contribution is 2.63. The first-order valence-corrected chi connectivity index (χ1v) is 16.4. The molecule has 5 atom stereocenters. The Bertz CT molecular complexity index is 1370. The summed E-state index contributed by atoms with van der Waals surface area (Å²) in [6, 6.07) is 3.38. The van der Waals surface area contributed by atoms with Crippen LogP contribution in [0.3, 0.4) is 0 Å². The van der Waals surface area contributed by atoms with Crippen molar-refractivity contribution in [3.63, 3.8) is 0 Å². The van der Waals surface area contributed by atoms with Gasteiger partial charge in [-0.3, -0.25) is 14.4 Å². The van der Waals surface area contributed by atoms with Crippen molar-refractivity contribution in [2.45, 2.75) is 95.4 Å². The molecule has 2 heterocycles. The Morgan fingerprint density at radius 3 is 2.67 bits per heavy atom. The van der Waals surface area contributed by atoms with E-state index in [9.17, 15) is 24.0 Å². The van der Waals surface area contributed by atoms with Crippen LogP contribution in [0.5, 0.6) is 11.5 Å². The number of alkyl carbamates (subject to hydrolysis) is 1. The summed E-state index contributed by atoms with van der Waals surface area (Å²) in [5.41, 5.74) is 1.85. The Morgan fingerprint density at radius 2 is 1.93 bits per heavy atom. The summed E-state index contributed by atoms with van der Waals surface area (Å²) in [6.45, 7) is 6.47. The van der Waals surface area contributed by atoms with Crippen molar-refractivity contribution in [1.29, 1.82) is 0 Å². The fraction of sp³-hybridized carbons (Fsp3) is 0.667. The molecule has 3 N–H and O–H groups in total. The molecule has 2 bridgehead atoms. The molecule has 1 spiro atoms. The second kappa shape index (κ2) is 13.9. The number of likely N-dealkylation sites (tertiary alicyclic amines) is 1. The third-order valence-corrected chi connectivity index (χ3v) is 9.85. The highest BCUT2D eigenvalue weighted by molar-refractivity contribution is 5.89. The van der Waals surface area contributed by atoms with Gasteiger partial charge in [0.25, 0.3) is 0 Å². The van der Waals surface area contributed by atoms with Gasteiger partial charge >= 0.3 is 12.2 Å². The Morgan fingerprint density at radius 1 is 1.15 bits per heavy atom. The number of rotatable bonds is 12. The predicted molar refractivity (Wildman–Crippen MR) is 168 cm³/mol. The van der Waals surface area contributed by atoms with E-state index in [1.807, 2.05) is 6.07 Å². The van der Waals surface area contributed by atoms with Gasteiger partial charge in [-0.05, 0) is 83.5 Å². The van der Waals surface area contributed by atoms with Gasteiger partial charge in [0.2, 0.25) is 11.8 Å². The molecule has 2 aliphatic heterocycles. The fourth-order valence-electron chi connectivity index (χ4n) is 7.76. The Kier molecular flexibility index (Phi) is 10.1. The topological polar surface area (TPSA) is 156 Å². The number of ketones is 1. The quantitative estimate of drug-likeness (QED) is 0.292. The van der Waals surface area contributed by atoms with Crippen molar-refractivity contribution in [2.24, 2.45) is 5.92 Å². The molecule has 2 aliphatic carbocycles. The van der Waals surface area contributed by atoms with Gasteiger partial charge in [-0.1, -0.05) is 6.07 Å². The largest absolute Gasteiger partial charge is 0.477 e. The summed E-state index contributed by atoms with van der Waals surface area (Å²) in [6.07, 6.45) is 2.79. The summed E-state index contributed by atoms with van der Waals surface area (Å²) in [5, 5.41) is 8.11. The zero-order chi connectivity index (χ0) is 33.2. The smallest absolute Gasteiger partial charge is 0.415 e. The molecule has 13 heteroatoms. The van der Waals surface area contributed by atoms with Gasteiger partial charge in [0.15, 0.2) is 23.4 Å². The normalized spacial score (nSPS) is 24.7. The minimum absolute atomic E-state index is 0.120. The van der Waals surface area contributed by atoms with Crippen LogP contribution in [0, 0.1) is 5.92 Å². The molecule has 252 valence electrons. The van der Waals surface area contributed by atoms with E-state index in [2.05, 4.69) is 27.9 Å². The molecule has 4 amide bonds. The monoisotopic (exact) mass is 641 g/mol. The number of unbranched alkanes of at least 4 members (excludes halogenated alkanes) is 1. The molecule has 1 saturated heterocycles. The van der Waals surface area contributed by atoms with E-state index in [1.54, 1.807) is 27.0 Å². The first-order valence-electron chi connectivity index (χ1n) is 16.4. The number of ether oxygens (including phenoxy) is 3. The molecule has 1 unspecified atom stereocenters. The van der Waals surface area contributed by atoms with Crippen LogP contribution in [-0.2, 0) is 31.0 Å². The van der Waals surface area contributed by atoms with E-state index < -0.39 is 24.3 Å². The molecular formula is C33H47N5O8. The first kappa shape index (κ1) is 33.5. The summed E-state index contributed by atoms with van der Waals surface area (Å²) in [5.74, 6) is 0.581. The SMILES string of the molecule is CC(=O)N[C@@H](CCCCNC(=O)OC(C)C)C(=O)NCCN(C)C(=O)Oc1ccc2c3c1O[C@@H]1C(=O)CCC4[C@H](C2)N(C)CC[C@]341. The summed E-state index contributed by atoms with van der Waals surface area (Å²) < 4.78 is 17.3. The molecule has 4 aliphatic rings. The van der Waals surface area contributed by atoms with Gasteiger partial charge in [-0.25, -0.2) is 9.59 Å². The lowest BCUT2D eigenvalue weighted by molar-refractivity contribution is -0.138. The second-order valence-electron chi connectivity index (χ2n) is 13.3. The number of hydrogen-bond donors (Lipinski definition) is 3. The van der Waals surface area contributed by atoms with E-state index in [1.165, 1.54) is 11.8 Å². The minimum atomic E-state index is -0.747. The maximum absolute atomic E-state index is 13.1. The Hall–Kier alpha value is -3.87. The van der Waals surface area contributed by atoms with Crippen molar-refractivity contribution in [2.75, 3.05) is 40.3 Å². The molecule has 13 nitrogen and oxygen atoms in total. The van der Waals surface area contributed by atoms with E-state index in [0.717, 1.165) is 36.9 Å². The maximum Gasteiger partial charge on any atom is 0.415 e. The van der Waals surface area contributed by atoms with Crippen LogP contribution in [0.25, 0.3) is 0 Å². The van der Waals surface area contributed by atoms with Crippen molar-refractivity contribution in [3.8, 4) is 11.5 Å². The van der Waals surface area contributed by atoms with Crippen LogP contribution in [0.15, 0.2) is 12.1 Å². The van der Waals surface area contributed by atoms with Crippen LogP contribution < -0.4 is 25.4 Å². The number of carbonyl (C=O) groups is 5. The van der Waals surface area contributed by atoms with Gasteiger partial charge in [0.05, 0.1) is 6.10 Å².